The van der Waals surface area contributed by atoms with Crippen LogP contribution in [0.1, 0.15) is 49.8 Å². The number of ether oxygens (including phenoxy) is 2. The van der Waals surface area contributed by atoms with Gasteiger partial charge in [-0.3, -0.25) is 0 Å². The molecule has 1 heterocycles. The zero-order chi connectivity index (χ0) is 20.9. The lowest BCUT2D eigenvalue weighted by atomic mass is 10.1. The number of methoxy groups -OCH3 is 1. The molecule has 7 nitrogen and oxygen atoms in total. The van der Waals surface area contributed by atoms with Gasteiger partial charge in [-0.2, -0.15) is 0 Å². The molecule has 160 valence electrons. The van der Waals surface area contributed by atoms with Gasteiger partial charge in [0.15, 0.2) is 5.96 Å². The Labute approximate surface area is 173 Å². The van der Waals surface area contributed by atoms with Gasteiger partial charge in [0, 0.05) is 45.2 Å². The number of guanidine groups is 1. The molecule has 0 radical (unpaired) electrons. The van der Waals surface area contributed by atoms with E-state index in [0.29, 0.717) is 26.3 Å². The average molecular weight is 403 g/mol. The van der Waals surface area contributed by atoms with Crippen molar-refractivity contribution < 1.29 is 14.0 Å². The Hall–Kier alpha value is -2.54. The van der Waals surface area contributed by atoms with Gasteiger partial charge in [-0.1, -0.05) is 31.1 Å². The predicted molar refractivity (Wildman–Crippen MR) is 115 cm³/mol. The van der Waals surface area contributed by atoms with Crippen LogP contribution in [-0.4, -0.2) is 38.0 Å². The summed E-state index contributed by atoms with van der Waals surface area (Å²) in [7, 11) is 1.70. The van der Waals surface area contributed by atoms with Crippen LogP contribution >= 0.6 is 0 Å². The quantitative estimate of drug-likeness (QED) is 0.321. The SMILES string of the molecule is CCNC(=NCc1cccc(OCCCOC)c1)NCc1c(CC)noc1CC. The fraction of sp³-hybridized carbons (Fsp3) is 0.545. The summed E-state index contributed by atoms with van der Waals surface area (Å²) in [6.07, 6.45) is 2.55. The number of aromatic nitrogens is 1. The molecule has 2 aromatic rings. The molecule has 29 heavy (non-hydrogen) atoms. The van der Waals surface area contributed by atoms with E-state index in [2.05, 4.69) is 42.6 Å². The first kappa shape index (κ1) is 22.7. The Morgan fingerprint density at radius 3 is 2.72 bits per heavy atom. The molecule has 1 aromatic carbocycles. The average Bonchev–Trinajstić information content (AvgIpc) is 3.15. The van der Waals surface area contributed by atoms with E-state index < -0.39 is 0 Å². The summed E-state index contributed by atoms with van der Waals surface area (Å²) >= 11 is 0. The number of nitrogens with zero attached hydrogens (tertiary/aromatic N) is 2. The van der Waals surface area contributed by atoms with E-state index in [-0.39, 0.29) is 0 Å². The number of benzene rings is 1. The molecule has 1 aromatic heterocycles. The van der Waals surface area contributed by atoms with Crippen molar-refractivity contribution >= 4 is 5.96 Å². The third kappa shape index (κ3) is 7.42. The third-order valence-electron chi connectivity index (χ3n) is 4.46. The maximum absolute atomic E-state index is 5.77. The highest BCUT2D eigenvalue weighted by Gasteiger charge is 2.13. The van der Waals surface area contributed by atoms with Crippen molar-refractivity contribution in [2.75, 3.05) is 26.9 Å². The van der Waals surface area contributed by atoms with E-state index >= 15 is 0 Å². The van der Waals surface area contributed by atoms with Crippen molar-refractivity contribution in [1.82, 2.24) is 15.8 Å². The molecule has 0 saturated carbocycles. The zero-order valence-electron chi connectivity index (χ0n) is 18.1. The second-order valence-electron chi connectivity index (χ2n) is 6.63. The minimum atomic E-state index is 0.565. The molecule has 0 atom stereocenters. The molecule has 0 bridgehead atoms. The molecule has 7 heteroatoms. The van der Waals surface area contributed by atoms with Crippen molar-refractivity contribution in [3.8, 4) is 5.75 Å². The van der Waals surface area contributed by atoms with Crippen LogP contribution in [0.5, 0.6) is 5.75 Å². The minimum Gasteiger partial charge on any atom is -0.493 e. The van der Waals surface area contributed by atoms with Crippen LogP contribution in [0.25, 0.3) is 0 Å². The van der Waals surface area contributed by atoms with Gasteiger partial charge >= 0.3 is 0 Å². The largest absolute Gasteiger partial charge is 0.493 e. The van der Waals surface area contributed by atoms with Gasteiger partial charge in [-0.25, -0.2) is 4.99 Å². The van der Waals surface area contributed by atoms with Crippen molar-refractivity contribution in [2.24, 2.45) is 4.99 Å². The Morgan fingerprint density at radius 2 is 2.00 bits per heavy atom. The molecule has 0 fully saturated rings. The highest BCUT2D eigenvalue weighted by atomic mass is 16.5. The molecular weight excluding hydrogens is 368 g/mol. The van der Waals surface area contributed by atoms with Gasteiger partial charge in [-0.15, -0.1) is 0 Å². The Morgan fingerprint density at radius 1 is 1.14 bits per heavy atom. The van der Waals surface area contributed by atoms with Gasteiger partial charge in [0.2, 0.25) is 0 Å². The van der Waals surface area contributed by atoms with E-state index in [4.69, 9.17) is 19.0 Å². The lowest BCUT2D eigenvalue weighted by Crippen LogP contribution is -2.37. The van der Waals surface area contributed by atoms with Gasteiger partial charge in [0.1, 0.15) is 11.5 Å². The number of nitrogens with one attached hydrogen (secondary N) is 2. The predicted octanol–water partition coefficient (Wildman–Crippen LogP) is 3.47. The van der Waals surface area contributed by atoms with Crippen molar-refractivity contribution in [3.63, 3.8) is 0 Å². The first-order valence-electron chi connectivity index (χ1n) is 10.4. The molecule has 0 saturated heterocycles. The molecule has 0 unspecified atom stereocenters. The molecule has 2 N–H and O–H groups in total. The number of hydrogen-bond donors (Lipinski definition) is 2. The summed E-state index contributed by atoms with van der Waals surface area (Å²) in [4.78, 5) is 4.71. The van der Waals surface area contributed by atoms with Crippen molar-refractivity contribution in [2.45, 2.75) is 53.1 Å². The topological polar surface area (TPSA) is 80.9 Å². The monoisotopic (exact) mass is 402 g/mol. The maximum atomic E-state index is 5.77. The fourth-order valence-corrected chi connectivity index (χ4v) is 2.95. The fourth-order valence-electron chi connectivity index (χ4n) is 2.95. The van der Waals surface area contributed by atoms with Crippen LogP contribution in [-0.2, 0) is 30.7 Å². The van der Waals surface area contributed by atoms with Crippen LogP contribution in [0.4, 0.5) is 0 Å². The first-order valence-corrected chi connectivity index (χ1v) is 10.4. The zero-order valence-corrected chi connectivity index (χ0v) is 18.1. The third-order valence-corrected chi connectivity index (χ3v) is 4.46. The Bertz CT molecular complexity index is 737. The van der Waals surface area contributed by atoms with E-state index in [1.165, 1.54) is 0 Å². The number of aliphatic imine (C=N–C) groups is 1. The molecule has 0 amide bonds. The smallest absolute Gasteiger partial charge is 0.191 e. The normalized spacial score (nSPS) is 11.5. The summed E-state index contributed by atoms with van der Waals surface area (Å²) in [6, 6.07) is 8.05. The van der Waals surface area contributed by atoms with Crippen molar-refractivity contribution in [1.29, 1.82) is 0 Å². The molecule has 0 aliphatic carbocycles. The van der Waals surface area contributed by atoms with Gasteiger partial charge < -0.3 is 24.6 Å². The first-order chi connectivity index (χ1) is 14.2. The van der Waals surface area contributed by atoms with Gasteiger partial charge in [-0.05, 0) is 31.0 Å². The summed E-state index contributed by atoms with van der Waals surface area (Å²) in [5.41, 5.74) is 3.23. The lowest BCUT2D eigenvalue weighted by Gasteiger charge is -2.12. The van der Waals surface area contributed by atoms with Gasteiger partial charge in [0.25, 0.3) is 0 Å². The number of aryl methyl sites for hydroxylation is 2. The second-order valence-corrected chi connectivity index (χ2v) is 6.63. The molecule has 0 aliphatic heterocycles. The van der Waals surface area contributed by atoms with Crippen molar-refractivity contribution in [3.05, 3.63) is 46.8 Å². The summed E-state index contributed by atoms with van der Waals surface area (Å²) < 4.78 is 16.3. The maximum Gasteiger partial charge on any atom is 0.191 e. The molecule has 2 rings (SSSR count). The van der Waals surface area contributed by atoms with E-state index in [1.54, 1.807) is 7.11 Å². The van der Waals surface area contributed by atoms with Crippen LogP contribution in [0, 0.1) is 0 Å². The molecular formula is C22H34N4O3. The van der Waals surface area contributed by atoms with Crippen LogP contribution in [0.2, 0.25) is 0 Å². The van der Waals surface area contributed by atoms with Crippen LogP contribution in [0.15, 0.2) is 33.8 Å². The summed E-state index contributed by atoms with van der Waals surface area (Å²) in [6.45, 7) is 9.56. The summed E-state index contributed by atoms with van der Waals surface area (Å²) in [5, 5.41) is 10.9. The number of hydrogen-bond acceptors (Lipinski definition) is 5. The molecule has 0 aliphatic rings. The lowest BCUT2D eigenvalue weighted by molar-refractivity contribution is 0.172. The van der Waals surface area contributed by atoms with E-state index in [1.807, 2.05) is 18.2 Å². The Balaban J connectivity index is 1.97. The number of rotatable bonds is 12. The van der Waals surface area contributed by atoms with E-state index in [9.17, 15) is 0 Å². The minimum absolute atomic E-state index is 0.565. The summed E-state index contributed by atoms with van der Waals surface area (Å²) in [5.74, 6) is 2.56. The van der Waals surface area contributed by atoms with Crippen LogP contribution in [0.3, 0.4) is 0 Å². The van der Waals surface area contributed by atoms with E-state index in [0.717, 1.165) is 60.1 Å². The molecule has 0 spiro atoms. The highest BCUT2D eigenvalue weighted by molar-refractivity contribution is 5.79. The standard InChI is InChI=1S/C22H34N4O3/c1-5-20-19(21(6-2)29-26-20)16-25-22(23-7-3)24-15-17-10-8-11-18(14-17)28-13-9-12-27-4/h8,10-11,14H,5-7,9,12-13,15-16H2,1-4H3,(H2,23,24,25). The highest BCUT2D eigenvalue weighted by Crippen LogP contribution is 2.16. The van der Waals surface area contributed by atoms with Gasteiger partial charge in [0.05, 0.1) is 18.8 Å². The Kier molecular flexibility index (Phi) is 10.1. The second kappa shape index (κ2) is 12.8. The van der Waals surface area contributed by atoms with Crippen LogP contribution < -0.4 is 15.4 Å².